The van der Waals surface area contributed by atoms with Gasteiger partial charge in [0.1, 0.15) is 5.82 Å². The molecule has 1 aliphatic rings. The first kappa shape index (κ1) is 15.0. The highest BCUT2D eigenvalue weighted by Crippen LogP contribution is 2.18. The van der Waals surface area contributed by atoms with Crippen molar-refractivity contribution in [3.05, 3.63) is 35.1 Å². The fourth-order valence-corrected chi connectivity index (χ4v) is 2.78. The predicted molar refractivity (Wildman–Crippen MR) is 77.9 cm³/mol. The number of primary amides is 1. The number of halogens is 1. The molecule has 1 saturated carbocycles. The number of carbonyl (C=O) groups excluding carboxylic acids is 1. The Bertz CT molecular complexity index is 454. The first-order valence-corrected chi connectivity index (χ1v) is 7.48. The van der Waals surface area contributed by atoms with Crippen LogP contribution in [-0.4, -0.2) is 11.9 Å². The van der Waals surface area contributed by atoms with E-state index in [0.29, 0.717) is 23.7 Å². The number of hydrogen-bond acceptors (Lipinski definition) is 2. The van der Waals surface area contributed by atoms with Crippen LogP contribution in [0.15, 0.2) is 18.2 Å². The van der Waals surface area contributed by atoms with Crippen molar-refractivity contribution >= 4 is 5.91 Å². The van der Waals surface area contributed by atoms with Gasteiger partial charge >= 0.3 is 0 Å². The summed E-state index contributed by atoms with van der Waals surface area (Å²) in [5.41, 5.74) is 6.11. The second-order valence-electron chi connectivity index (χ2n) is 5.59. The van der Waals surface area contributed by atoms with Gasteiger partial charge in [-0.2, -0.15) is 0 Å². The van der Waals surface area contributed by atoms with Crippen LogP contribution in [0.25, 0.3) is 0 Å². The fraction of sp³-hybridized carbons (Fsp3) is 0.562. The summed E-state index contributed by atoms with van der Waals surface area (Å²) in [4.78, 5) is 11.1. The Morgan fingerprint density at radius 3 is 2.50 bits per heavy atom. The van der Waals surface area contributed by atoms with Crippen LogP contribution in [0.5, 0.6) is 0 Å². The first-order chi connectivity index (χ1) is 9.66. The lowest BCUT2D eigenvalue weighted by molar-refractivity contribution is 0.1000. The van der Waals surface area contributed by atoms with E-state index >= 15 is 0 Å². The van der Waals surface area contributed by atoms with Gasteiger partial charge in [-0.1, -0.05) is 32.1 Å². The Hall–Kier alpha value is -1.42. The summed E-state index contributed by atoms with van der Waals surface area (Å²) < 4.78 is 13.7. The summed E-state index contributed by atoms with van der Waals surface area (Å²) in [5, 5.41) is 3.42. The predicted octanol–water partition coefficient (Wildman–Crippen LogP) is 3.13. The van der Waals surface area contributed by atoms with Crippen molar-refractivity contribution in [2.45, 2.75) is 57.5 Å². The number of amides is 1. The van der Waals surface area contributed by atoms with Gasteiger partial charge in [-0.3, -0.25) is 4.79 Å². The molecular weight excluding hydrogens is 255 g/mol. The van der Waals surface area contributed by atoms with Crippen molar-refractivity contribution in [3.63, 3.8) is 0 Å². The van der Waals surface area contributed by atoms with E-state index in [1.807, 2.05) is 0 Å². The van der Waals surface area contributed by atoms with Crippen LogP contribution in [0.4, 0.5) is 4.39 Å². The highest BCUT2D eigenvalue weighted by Gasteiger charge is 2.12. The summed E-state index contributed by atoms with van der Waals surface area (Å²) in [6, 6.07) is 4.74. The van der Waals surface area contributed by atoms with Crippen LogP contribution >= 0.6 is 0 Å². The molecule has 1 aliphatic carbocycles. The molecule has 0 atom stereocenters. The molecule has 0 spiro atoms. The third-order valence-corrected chi connectivity index (χ3v) is 4.02. The van der Waals surface area contributed by atoms with E-state index in [1.165, 1.54) is 44.2 Å². The lowest BCUT2D eigenvalue weighted by Gasteiger charge is -2.21. The first-order valence-electron chi connectivity index (χ1n) is 7.48. The largest absolute Gasteiger partial charge is 0.366 e. The molecule has 0 unspecified atom stereocenters. The number of benzene rings is 1. The van der Waals surface area contributed by atoms with Crippen LogP contribution in [0.2, 0.25) is 0 Å². The van der Waals surface area contributed by atoms with E-state index in [2.05, 4.69) is 5.32 Å². The molecule has 20 heavy (non-hydrogen) atoms. The Balaban J connectivity index is 1.95. The molecular formula is C16H23FN2O. The maximum atomic E-state index is 13.7. The summed E-state index contributed by atoms with van der Waals surface area (Å²) in [7, 11) is 0. The van der Waals surface area contributed by atoms with Gasteiger partial charge in [0.2, 0.25) is 5.91 Å². The Morgan fingerprint density at radius 2 is 1.85 bits per heavy atom. The minimum absolute atomic E-state index is 0.284. The zero-order chi connectivity index (χ0) is 14.4. The highest BCUT2D eigenvalue weighted by atomic mass is 19.1. The summed E-state index contributed by atoms with van der Waals surface area (Å²) >= 11 is 0. The molecule has 0 aromatic heterocycles. The van der Waals surface area contributed by atoms with E-state index in [4.69, 9.17) is 5.73 Å². The van der Waals surface area contributed by atoms with E-state index in [1.54, 1.807) is 6.07 Å². The molecule has 3 nitrogen and oxygen atoms in total. The number of carbonyl (C=O) groups is 1. The molecule has 2 rings (SSSR count). The van der Waals surface area contributed by atoms with Gasteiger partial charge < -0.3 is 11.1 Å². The molecule has 0 radical (unpaired) electrons. The molecule has 0 heterocycles. The molecule has 1 fully saturated rings. The minimum atomic E-state index is -0.516. The van der Waals surface area contributed by atoms with Gasteiger partial charge in [-0.15, -0.1) is 0 Å². The summed E-state index contributed by atoms with van der Waals surface area (Å²) in [5.74, 6) is -0.800. The molecule has 0 bridgehead atoms. The standard InChI is InChI=1S/C16H23FN2O/c17-15-9-8-12(16(18)20)10-13(15)11-19-14-6-4-2-1-3-5-7-14/h8-10,14,19H,1-7,11H2,(H2,18,20). The number of rotatable bonds is 4. The van der Waals surface area contributed by atoms with Crippen molar-refractivity contribution in [2.24, 2.45) is 5.73 Å². The van der Waals surface area contributed by atoms with Crippen LogP contribution in [0.3, 0.4) is 0 Å². The Morgan fingerprint density at radius 1 is 1.20 bits per heavy atom. The van der Waals surface area contributed by atoms with Crippen LogP contribution in [0.1, 0.15) is 60.9 Å². The van der Waals surface area contributed by atoms with Crippen molar-refractivity contribution in [3.8, 4) is 0 Å². The minimum Gasteiger partial charge on any atom is -0.366 e. The fourth-order valence-electron chi connectivity index (χ4n) is 2.78. The third kappa shape index (κ3) is 4.30. The van der Waals surface area contributed by atoms with Gasteiger partial charge in [0.25, 0.3) is 0 Å². The lowest BCUT2D eigenvalue weighted by atomic mass is 9.96. The maximum Gasteiger partial charge on any atom is 0.248 e. The second kappa shape index (κ2) is 7.39. The van der Waals surface area contributed by atoms with Crippen molar-refractivity contribution in [2.75, 3.05) is 0 Å². The molecule has 1 aromatic carbocycles. The van der Waals surface area contributed by atoms with E-state index in [0.717, 1.165) is 12.8 Å². The molecule has 3 N–H and O–H groups in total. The molecule has 1 aromatic rings. The van der Waals surface area contributed by atoms with Crippen LogP contribution in [-0.2, 0) is 6.54 Å². The summed E-state index contributed by atoms with van der Waals surface area (Å²) in [6.07, 6.45) is 8.70. The van der Waals surface area contributed by atoms with Crippen LogP contribution < -0.4 is 11.1 Å². The van der Waals surface area contributed by atoms with Gasteiger partial charge in [-0.05, 0) is 31.0 Å². The molecule has 4 heteroatoms. The van der Waals surface area contributed by atoms with E-state index < -0.39 is 5.91 Å². The smallest absolute Gasteiger partial charge is 0.248 e. The Labute approximate surface area is 119 Å². The second-order valence-corrected chi connectivity index (χ2v) is 5.59. The van der Waals surface area contributed by atoms with Gasteiger partial charge in [0.05, 0.1) is 0 Å². The van der Waals surface area contributed by atoms with Gasteiger partial charge in [-0.25, -0.2) is 4.39 Å². The van der Waals surface area contributed by atoms with Gasteiger partial charge in [0, 0.05) is 23.7 Å². The lowest BCUT2D eigenvalue weighted by Crippen LogP contribution is -2.29. The topological polar surface area (TPSA) is 55.1 Å². The van der Waals surface area contributed by atoms with Crippen molar-refractivity contribution < 1.29 is 9.18 Å². The number of nitrogens with two attached hydrogens (primary N) is 1. The number of nitrogens with one attached hydrogen (secondary N) is 1. The molecule has 0 saturated heterocycles. The average molecular weight is 278 g/mol. The zero-order valence-electron chi connectivity index (χ0n) is 11.8. The van der Waals surface area contributed by atoms with Crippen molar-refractivity contribution in [1.29, 1.82) is 0 Å². The quantitative estimate of drug-likeness (QED) is 0.889. The van der Waals surface area contributed by atoms with Gasteiger partial charge in [0.15, 0.2) is 0 Å². The molecule has 110 valence electrons. The molecule has 1 amide bonds. The van der Waals surface area contributed by atoms with E-state index in [-0.39, 0.29) is 5.82 Å². The monoisotopic (exact) mass is 278 g/mol. The number of hydrogen-bond donors (Lipinski definition) is 2. The van der Waals surface area contributed by atoms with Crippen molar-refractivity contribution in [1.82, 2.24) is 5.32 Å². The normalized spacial score (nSPS) is 17.4. The zero-order valence-corrected chi connectivity index (χ0v) is 11.8. The third-order valence-electron chi connectivity index (χ3n) is 4.02. The highest BCUT2D eigenvalue weighted by molar-refractivity contribution is 5.92. The maximum absolute atomic E-state index is 13.7. The summed E-state index contributed by atoms with van der Waals surface area (Å²) in [6.45, 7) is 0.456. The van der Waals surface area contributed by atoms with Crippen LogP contribution in [0, 0.1) is 5.82 Å². The Kier molecular flexibility index (Phi) is 5.53. The SMILES string of the molecule is NC(=O)c1ccc(F)c(CNC2CCCCCCC2)c1. The average Bonchev–Trinajstić information content (AvgIpc) is 2.39. The van der Waals surface area contributed by atoms with E-state index in [9.17, 15) is 9.18 Å². The molecule has 0 aliphatic heterocycles.